The third-order valence-corrected chi connectivity index (χ3v) is 4.36. The van der Waals surface area contributed by atoms with Gasteiger partial charge in [0.25, 0.3) is 0 Å². The minimum absolute atomic E-state index is 0.158. The molecule has 0 saturated carbocycles. The van der Waals surface area contributed by atoms with Crippen LogP contribution in [0.1, 0.15) is 6.92 Å². The maximum atomic E-state index is 11.9. The number of allylic oxidation sites excluding steroid dienone is 14. The first-order valence-corrected chi connectivity index (χ1v) is 6.67. The van der Waals surface area contributed by atoms with Crippen LogP contribution in [0.5, 0.6) is 0 Å². The number of carbonyl (C=O) groups excluding carboxylic acids is 1. The largest absolute Gasteiger partial charge is 0.295 e. The van der Waals surface area contributed by atoms with Crippen molar-refractivity contribution < 1.29 is 4.79 Å². The molecule has 0 heterocycles. The van der Waals surface area contributed by atoms with Gasteiger partial charge in [0.15, 0.2) is 5.78 Å². The smallest absolute Gasteiger partial charge is 0.160 e. The van der Waals surface area contributed by atoms with Crippen LogP contribution in [0.15, 0.2) is 82.5 Å². The van der Waals surface area contributed by atoms with Gasteiger partial charge in [0.05, 0.1) is 0 Å². The van der Waals surface area contributed by atoms with E-state index in [2.05, 4.69) is 54.7 Å². The summed E-state index contributed by atoms with van der Waals surface area (Å²) in [6, 6.07) is 0. The molecule has 0 aliphatic heterocycles. The van der Waals surface area contributed by atoms with E-state index in [1.165, 1.54) is 22.3 Å². The van der Waals surface area contributed by atoms with Crippen molar-refractivity contribution in [1.82, 2.24) is 0 Å². The van der Waals surface area contributed by atoms with Crippen molar-refractivity contribution in [1.29, 1.82) is 0 Å². The molecule has 0 amide bonds. The average Bonchev–Trinajstić information content (AvgIpc) is 2.44. The normalized spacial score (nSPS) is 29.6. The predicted molar refractivity (Wildman–Crippen MR) is 76.4 cm³/mol. The zero-order valence-corrected chi connectivity index (χ0v) is 10.8. The number of Topliss-reactive ketones (excluding diaryl/α,β-unsaturated/α-hetero) is 1. The molecule has 0 fully saturated rings. The van der Waals surface area contributed by atoms with Gasteiger partial charge in [-0.25, -0.2) is 0 Å². The van der Waals surface area contributed by atoms with E-state index in [9.17, 15) is 4.79 Å². The fourth-order valence-corrected chi connectivity index (χ4v) is 3.54. The van der Waals surface area contributed by atoms with Gasteiger partial charge >= 0.3 is 0 Å². The van der Waals surface area contributed by atoms with Gasteiger partial charge in [0.2, 0.25) is 0 Å². The first kappa shape index (κ1) is 10.7. The van der Waals surface area contributed by atoms with Crippen molar-refractivity contribution in [2.45, 2.75) is 6.92 Å². The molecular weight excluding hydrogens is 232 g/mol. The standard InChI is InChI=1S/C18H14O/c1-11(19)16-10-14-6-2-4-12-8-9-13-5-3-7-15(16)18(13)17(12)14/h2-10,17-18H,1H3. The second-order valence-electron chi connectivity index (χ2n) is 5.41. The average molecular weight is 246 g/mol. The Bertz CT molecular complexity index is 702. The van der Waals surface area contributed by atoms with E-state index in [1.54, 1.807) is 6.92 Å². The van der Waals surface area contributed by atoms with Crippen molar-refractivity contribution in [3.05, 3.63) is 82.5 Å². The highest BCUT2D eigenvalue weighted by atomic mass is 16.1. The van der Waals surface area contributed by atoms with Crippen LogP contribution in [0.4, 0.5) is 0 Å². The Morgan fingerprint density at radius 2 is 1.58 bits per heavy atom. The topological polar surface area (TPSA) is 17.1 Å². The Morgan fingerprint density at radius 1 is 0.895 bits per heavy atom. The Balaban J connectivity index is 2.02. The van der Waals surface area contributed by atoms with E-state index in [1.807, 2.05) is 0 Å². The predicted octanol–water partition coefficient (Wildman–Crippen LogP) is 3.61. The van der Waals surface area contributed by atoms with E-state index < -0.39 is 0 Å². The lowest BCUT2D eigenvalue weighted by Gasteiger charge is -2.41. The quantitative estimate of drug-likeness (QED) is 0.690. The summed E-state index contributed by atoms with van der Waals surface area (Å²) in [6.45, 7) is 1.66. The lowest BCUT2D eigenvalue weighted by molar-refractivity contribution is -0.113. The van der Waals surface area contributed by atoms with Gasteiger partial charge in [-0.1, -0.05) is 48.6 Å². The molecule has 0 aromatic heterocycles. The molecule has 1 heteroatoms. The first-order valence-electron chi connectivity index (χ1n) is 6.67. The van der Waals surface area contributed by atoms with E-state index in [4.69, 9.17) is 0 Å². The molecule has 0 aromatic rings. The second kappa shape index (κ2) is 3.67. The lowest BCUT2D eigenvalue weighted by atomic mass is 9.62. The monoisotopic (exact) mass is 246 g/mol. The summed E-state index contributed by atoms with van der Waals surface area (Å²) in [7, 11) is 0. The Morgan fingerprint density at radius 3 is 2.32 bits per heavy atom. The molecule has 0 saturated heterocycles. The zero-order chi connectivity index (χ0) is 13.0. The van der Waals surface area contributed by atoms with Crippen molar-refractivity contribution in [2.75, 3.05) is 0 Å². The van der Waals surface area contributed by atoms with E-state index in [0.29, 0.717) is 11.8 Å². The fourth-order valence-electron chi connectivity index (χ4n) is 3.54. The third-order valence-electron chi connectivity index (χ3n) is 4.36. The Labute approximate surface area is 112 Å². The maximum Gasteiger partial charge on any atom is 0.160 e. The SMILES string of the molecule is CC(=O)C1=CC2=CC=CC3=CC=C4C=CC=C1C4C32. The highest BCUT2D eigenvalue weighted by molar-refractivity contribution is 5.99. The number of hydrogen-bond donors (Lipinski definition) is 0. The molecule has 2 atom stereocenters. The molecule has 2 unspecified atom stereocenters. The number of carbonyl (C=O) groups is 1. The van der Waals surface area contributed by atoms with Crippen LogP contribution < -0.4 is 0 Å². The van der Waals surface area contributed by atoms with Gasteiger partial charge in [0.1, 0.15) is 0 Å². The summed E-state index contributed by atoms with van der Waals surface area (Å²) < 4.78 is 0. The van der Waals surface area contributed by atoms with Crippen LogP contribution in [0.25, 0.3) is 0 Å². The van der Waals surface area contributed by atoms with Gasteiger partial charge in [-0.3, -0.25) is 4.79 Å². The third kappa shape index (κ3) is 1.39. The van der Waals surface area contributed by atoms with Gasteiger partial charge < -0.3 is 0 Å². The molecule has 4 aliphatic rings. The zero-order valence-electron chi connectivity index (χ0n) is 10.8. The van der Waals surface area contributed by atoms with Crippen LogP contribution in [-0.2, 0) is 4.79 Å². The molecule has 4 aliphatic carbocycles. The molecule has 0 bridgehead atoms. The van der Waals surface area contributed by atoms with Gasteiger partial charge in [-0.15, -0.1) is 0 Å². The summed E-state index contributed by atoms with van der Waals surface area (Å²) >= 11 is 0. The molecule has 0 spiro atoms. The lowest BCUT2D eigenvalue weighted by Crippen LogP contribution is -2.31. The van der Waals surface area contributed by atoms with Gasteiger partial charge in [-0.2, -0.15) is 0 Å². The fraction of sp³-hybridized carbons (Fsp3) is 0.167. The highest BCUT2D eigenvalue weighted by Crippen LogP contribution is 2.50. The van der Waals surface area contributed by atoms with Crippen molar-refractivity contribution >= 4 is 5.78 Å². The Hall–Kier alpha value is -2.15. The van der Waals surface area contributed by atoms with E-state index in [-0.39, 0.29) is 5.78 Å². The van der Waals surface area contributed by atoms with E-state index >= 15 is 0 Å². The molecule has 0 aromatic carbocycles. The second-order valence-corrected chi connectivity index (χ2v) is 5.41. The van der Waals surface area contributed by atoms with E-state index in [0.717, 1.165) is 5.57 Å². The number of hydrogen-bond acceptors (Lipinski definition) is 1. The summed E-state index contributed by atoms with van der Waals surface area (Å²) in [6.07, 6.45) is 19.2. The van der Waals surface area contributed by atoms with Crippen LogP contribution >= 0.6 is 0 Å². The van der Waals surface area contributed by atoms with Crippen molar-refractivity contribution in [2.24, 2.45) is 11.8 Å². The number of rotatable bonds is 1. The molecule has 0 radical (unpaired) electrons. The van der Waals surface area contributed by atoms with Crippen molar-refractivity contribution in [3.63, 3.8) is 0 Å². The van der Waals surface area contributed by atoms with Crippen molar-refractivity contribution in [3.8, 4) is 0 Å². The highest BCUT2D eigenvalue weighted by Gasteiger charge is 2.40. The molecule has 4 rings (SSSR count). The molecule has 0 N–H and O–H groups in total. The van der Waals surface area contributed by atoms with Gasteiger partial charge in [-0.05, 0) is 35.3 Å². The molecule has 1 nitrogen and oxygen atoms in total. The summed E-state index contributed by atoms with van der Waals surface area (Å²) in [5.74, 6) is 0.875. The summed E-state index contributed by atoms with van der Waals surface area (Å²) in [5.41, 5.74) is 6.00. The minimum Gasteiger partial charge on any atom is -0.295 e. The summed E-state index contributed by atoms with van der Waals surface area (Å²) in [5, 5.41) is 0. The molecular formula is C18H14O. The number of ketones is 1. The first-order chi connectivity index (χ1) is 9.25. The van der Waals surface area contributed by atoms with Crippen LogP contribution in [0.3, 0.4) is 0 Å². The minimum atomic E-state index is 0.158. The van der Waals surface area contributed by atoms with Gasteiger partial charge in [0, 0.05) is 17.4 Å². The van der Waals surface area contributed by atoms with Crippen LogP contribution in [0.2, 0.25) is 0 Å². The Kier molecular flexibility index (Phi) is 2.08. The molecule has 19 heavy (non-hydrogen) atoms. The maximum absolute atomic E-state index is 11.9. The van der Waals surface area contributed by atoms with Crippen LogP contribution in [0, 0.1) is 11.8 Å². The molecule has 92 valence electrons. The van der Waals surface area contributed by atoms with Crippen LogP contribution in [-0.4, -0.2) is 5.78 Å². The summed E-state index contributed by atoms with van der Waals surface area (Å²) in [4.78, 5) is 11.9.